The lowest BCUT2D eigenvalue weighted by Crippen LogP contribution is -2.50. The van der Waals surface area contributed by atoms with Crippen molar-refractivity contribution in [2.24, 2.45) is 5.41 Å². The normalized spacial score (nSPS) is 13.5. The number of alkyl carbamates (subject to hydrolysis) is 1. The molecule has 0 fully saturated rings. The summed E-state index contributed by atoms with van der Waals surface area (Å²) in [5.74, 6) is -1.57. The maximum atomic E-state index is 12.7. The number of amides is 2. The van der Waals surface area contributed by atoms with Crippen LogP contribution in [-0.2, 0) is 19.1 Å². The summed E-state index contributed by atoms with van der Waals surface area (Å²) >= 11 is 0. The summed E-state index contributed by atoms with van der Waals surface area (Å²) < 4.78 is 10.6. The van der Waals surface area contributed by atoms with Gasteiger partial charge in [0.25, 0.3) is 0 Å². The Kier molecular flexibility index (Phi) is 8.28. The highest BCUT2D eigenvalue weighted by atomic mass is 16.5. The number of fused-ring (bicyclic) bond motifs is 3. The van der Waals surface area contributed by atoms with Crippen LogP contribution in [-0.4, -0.2) is 56.0 Å². The zero-order valence-corrected chi connectivity index (χ0v) is 19.8. The van der Waals surface area contributed by atoms with Crippen LogP contribution in [0.3, 0.4) is 0 Å². The van der Waals surface area contributed by atoms with Gasteiger partial charge in [0.2, 0.25) is 5.91 Å². The number of ether oxygens (including phenoxy) is 2. The molecular formula is C26H32N2O6. The number of aliphatic carboxylic acids is 1. The quantitative estimate of drug-likeness (QED) is 0.435. The third-order valence-corrected chi connectivity index (χ3v) is 6.08. The van der Waals surface area contributed by atoms with Crippen LogP contribution in [0.1, 0.15) is 43.7 Å². The first-order valence-electron chi connectivity index (χ1n) is 11.4. The van der Waals surface area contributed by atoms with E-state index in [1.807, 2.05) is 36.4 Å². The molecule has 0 radical (unpaired) electrons. The Bertz CT molecular complexity index is 990. The lowest BCUT2D eigenvalue weighted by Gasteiger charge is -2.23. The van der Waals surface area contributed by atoms with Gasteiger partial charge in [0, 0.05) is 26.2 Å². The van der Waals surface area contributed by atoms with E-state index in [2.05, 4.69) is 22.8 Å². The molecule has 0 saturated carbocycles. The first-order valence-corrected chi connectivity index (χ1v) is 11.4. The molecule has 34 heavy (non-hydrogen) atoms. The van der Waals surface area contributed by atoms with Crippen molar-refractivity contribution in [3.63, 3.8) is 0 Å². The van der Waals surface area contributed by atoms with Crippen molar-refractivity contribution in [3.8, 4) is 11.1 Å². The van der Waals surface area contributed by atoms with Crippen LogP contribution in [0, 0.1) is 5.41 Å². The van der Waals surface area contributed by atoms with Gasteiger partial charge in [-0.15, -0.1) is 0 Å². The fourth-order valence-electron chi connectivity index (χ4n) is 3.99. The predicted molar refractivity (Wildman–Crippen MR) is 128 cm³/mol. The lowest BCUT2D eigenvalue weighted by molar-refractivity contribution is -0.146. The van der Waals surface area contributed by atoms with Crippen molar-refractivity contribution < 1.29 is 29.0 Å². The maximum Gasteiger partial charge on any atom is 0.407 e. The van der Waals surface area contributed by atoms with E-state index >= 15 is 0 Å². The molecule has 0 aliphatic heterocycles. The molecule has 8 heteroatoms. The van der Waals surface area contributed by atoms with Crippen LogP contribution in [0.15, 0.2) is 48.5 Å². The van der Waals surface area contributed by atoms with Crippen molar-refractivity contribution in [1.29, 1.82) is 0 Å². The monoisotopic (exact) mass is 468 g/mol. The molecule has 1 atom stereocenters. The Balaban J connectivity index is 1.63. The largest absolute Gasteiger partial charge is 0.481 e. The minimum absolute atomic E-state index is 0.0612. The topological polar surface area (TPSA) is 114 Å². The standard InChI is InChI=1S/C26H32N2O6/c1-26(2,24(30)31)16-27-23(29)22(13-8-14-33-3)28-25(32)34-15-21-19-11-6-4-9-17(19)18-10-5-7-12-20(18)21/h4-7,9-12,21-22H,8,13-16H2,1-3H3,(H,27,29)(H,28,32)(H,30,31). The van der Waals surface area contributed by atoms with E-state index in [9.17, 15) is 19.5 Å². The van der Waals surface area contributed by atoms with E-state index in [1.165, 1.54) is 13.8 Å². The first-order chi connectivity index (χ1) is 16.2. The number of methoxy groups -OCH3 is 1. The molecule has 0 bridgehead atoms. The zero-order valence-electron chi connectivity index (χ0n) is 19.8. The summed E-state index contributed by atoms with van der Waals surface area (Å²) in [6, 6.07) is 15.2. The van der Waals surface area contributed by atoms with Crippen molar-refractivity contribution >= 4 is 18.0 Å². The number of benzene rings is 2. The van der Waals surface area contributed by atoms with Gasteiger partial charge in [-0.05, 0) is 48.9 Å². The molecule has 2 aromatic rings. The molecule has 1 aliphatic rings. The highest BCUT2D eigenvalue weighted by Crippen LogP contribution is 2.44. The molecular weight excluding hydrogens is 436 g/mol. The number of nitrogens with one attached hydrogen (secondary N) is 2. The average Bonchev–Trinajstić information content (AvgIpc) is 3.14. The van der Waals surface area contributed by atoms with Gasteiger partial charge < -0.3 is 25.2 Å². The minimum Gasteiger partial charge on any atom is -0.481 e. The average molecular weight is 469 g/mol. The first kappa shape index (κ1) is 25.2. The highest BCUT2D eigenvalue weighted by Gasteiger charge is 2.31. The van der Waals surface area contributed by atoms with E-state index < -0.39 is 29.4 Å². The van der Waals surface area contributed by atoms with Gasteiger partial charge >= 0.3 is 12.1 Å². The number of carboxylic acid groups (broad SMARTS) is 1. The summed E-state index contributed by atoms with van der Waals surface area (Å²) in [6.45, 7) is 3.55. The third-order valence-electron chi connectivity index (χ3n) is 6.08. The van der Waals surface area contributed by atoms with E-state index in [4.69, 9.17) is 9.47 Å². The van der Waals surface area contributed by atoms with Gasteiger partial charge in [-0.25, -0.2) is 4.79 Å². The Morgan fingerprint density at radius 3 is 2.18 bits per heavy atom. The molecule has 3 N–H and O–H groups in total. The molecule has 0 heterocycles. The Hall–Kier alpha value is -3.39. The van der Waals surface area contributed by atoms with Gasteiger partial charge in [-0.3, -0.25) is 9.59 Å². The molecule has 8 nitrogen and oxygen atoms in total. The van der Waals surface area contributed by atoms with Crippen molar-refractivity contribution in [1.82, 2.24) is 10.6 Å². The van der Waals surface area contributed by atoms with Crippen molar-refractivity contribution in [2.75, 3.05) is 26.9 Å². The molecule has 0 aromatic heterocycles. The van der Waals surface area contributed by atoms with Crippen LogP contribution < -0.4 is 10.6 Å². The number of hydrogen-bond donors (Lipinski definition) is 3. The van der Waals surface area contributed by atoms with Gasteiger partial charge in [-0.1, -0.05) is 48.5 Å². The molecule has 1 unspecified atom stereocenters. The van der Waals surface area contributed by atoms with Crippen molar-refractivity contribution in [3.05, 3.63) is 59.7 Å². The predicted octanol–water partition coefficient (Wildman–Crippen LogP) is 3.55. The van der Waals surface area contributed by atoms with E-state index in [0.717, 1.165) is 22.3 Å². The summed E-state index contributed by atoms with van der Waals surface area (Å²) in [7, 11) is 1.56. The highest BCUT2D eigenvalue weighted by molar-refractivity contribution is 5.86. The third kappa shape index (κ3) is 5.94. The summed E-state index contributed by atoms with van der Waals surface area (Å²) in [4.78, 5) is 36.7. The molecule has 2 amide bonds. The summed E-state index contributed by atoms with van der Waals surface area (Å²) in [5.41, 5.74) is 3.33. The smallest absolute Gasteiger partial charge is 0.407 e. The SMILES string of the molecule is COCCCC(NC(=O)OCC1c2ccccc2-c2ccccc21)C(=O)NCC(C)(C)C(=O)O. The van der Waals surface area contributed by atoms with E-state index in [1.54, 1.807) is 7.11 Å². The number of hydrogen-bond acceptors (Lipinski definition) is 5. The maximum absolute atomic E-state index is 12.7. The van der Waals surface area contributed by atoms with Crippen LogP contribution in [0.25, 0.3) is 11.1 Å². The summed E-state index contributed by atoms with van der Waals surface area (Å²) in [5, 5.41) is 14.5. The molecule has 2 aromatic carbocycles. The van der Waals surface area contributed by atoms with Crippen molar-refractivity contribution in [2.45, 2.75) is 38.6 Å². The molecule has 182 valence electrons. The molecule has 0 saturated heterocycles. The van der Waals surface area contributed by atoms with E-state index in [0.29, 0.717) is 19.4 Å². The Morgan fingerprint density at radius 1 is 1.03 bits per heavy atom. The fraction of sp³-hybridized carbons (Fsp3) is 0.423. The Labute approximate surface area is 199 Å². The number of carbonyl (C=O) groups is 3. The molecule has 1 aliphatic carbocycles. The number of carboxylic acids is 1. The second-order valence-electron chi connectivity index (χ2n) is 9.06. The summed E-state index contributed by atoms with van der Waals surface area (Å²) in [6.07, 6.45) is 0.176. The van der Waals surface area contributed by atoms with Crippen LogP contribution in [0.2, 0.25) is 0 Å². The van der Waals surface area contributed by atoms with Gasteiger partial charge in [-0.2, -0.15) is 0 Å². The van der Waals surface area contributed by atoms with Gasteiger partial charge in [0.1, 0.15) is 12.6 Å². The lowest BCUT2D eigenvalue weighted by atomic mass is 9.94. The molecule has 3 rings (SSSR count). The van der Waals surface area contributed by atoms with Gasteiger partial charge in [0.15, 0.2) is 0 Å². The second-order valence-corrected chi connectivity index (χ2v) is 9.06. The van der Waals surface area contributed by atoms with Crippen LogP contribution in [0.5, 0.6) is 0 Å². The van der Waals surface area contributed by atoms with Crippen LogP contribution >= 0.6 is 0 Å². The van der Waals surface area contributed by atoms with E-state index in [-0.39, 0.29) is 19.1 Å². The second kappa shape index (κ2) is 11.2. The van der Waals surface area contributed by atoms with Crippen LogP contribution in [0.4, 0.5) is 4.79 Å². The number of carbonyl (C=O) groups excluding carboxylic acids is 2. The zero-order chi connectivity index (χ0) is 24.7. The number of rotatable bonds is 11. The van der Waals surface area contributed by atoms with Gasteiger partial charge in [0.05, 0.1) is 5.41 Å². The Morgan fingerprint density at radius 2 is 1.62 bits per heavy atom. The fourth-order valence-corrected chi connectivity index (χ4v) is 3.99. The minimum atomic E-state index is -1.13. The molecule has 0 spiro atoms.